The monoisotopic (exact) mass is 292 g/mol. The number of hydrogen-bond acceptors (Lipinski definition) is 2. The molecular formula is C5H2F8NO2S-. The molecule has 0 aliphatic carbocycles. The molecule has 102 valence electrons. The first-order valence-electron chi connectivity index (χ1n) is 3.65. The van der Waals surface area contributed by atoms with Gasteiger partial charge >= 0.3 is 17.1 Å². The van der Waals surface area contributed by atoms with Crippen molar-refractivity contribution in [2.45, 2.75) is 23.0 Å². The van der Waals surface area contributed by atoms with E-state index in [1.54, 1.807) is 4.72 Å². The highest BCUT2D eigenvalue weighted by atomic mass is 32.2. The van der Waals surface area contributed by atoms with E-state index in [-0.39, 0.29) is 0 Å². The minimum atomic E-state index is -6.78. The van der Waals surface area contributed by atoms with Gasteiger partial charge in [0.1, 0.15) is 10.0 Å². The molecule has 0 aromatic heterocycles. The number of nitrogens with zero attached hydrogens (tertiary/aromatic N) is 1. The first-order valence-corrected chi connectivity index (χ1v) is 5.09. The van der Waals surface area contributed by atoms with Crippen LogP contribution in [-0.4, -0.2) is 38.0 Å². The quantitative estimate of drug-likeness (QED) is 0.643. The summed E-state index contributed by atoms with van der Waals surface area (Å²) in [6, 6.07) is 0. The van der Waals surface area contributed by atoms with E-state index in [1.165, 1.54) is 0 Å². The van der Waals surface area contributed by atoms with E-state index < -0.39 is 39.6 Å². The van der Waals surface area contributed by atoms with Crippen LogP contribution in [0.2, 0.25) is 0 Å². The van der Waals surface area contributed by atoms with Gasteiger partial charge in [-0.05, 0) is 0 Å². The van der Waals surface area contributed by atoms with Gasteiger partial charge < -0.3 is 4.72 Å². The average molecular weight is 292 g/mol. The Balaban J connectivity index is 3.58. The average Bonchev–Trinajstić information content (AvgIpc) is 2.14. The first kappa shape index (κ1) is 14.4. The molecule has 0 aromatic rings. The number of alkyl halides is 8. The summed E-state index contributed by atoms with van der Waals surface area (Å²) >= 11 is 0. The molecule has 0 N–H and O–H groups in total. The second kappa shape index (κ2) is 3.22. The smallest absolute Gasteiger partial charge is 0.397 e. The second-order valence-electron chi connectivity index (χ2n) is 3.13. The third-order valence-electron chi connectivity index (χ3n) is 1.98. The molecule has 0 radical (unpaired) electrons. The van der Waals surface area contributed by atoms with Gasteiger partial charge in [-0.15, -0.1) is 0 Å². The summed E-state index contributed by atoms with van der Waals surface area (Å²) < 4.78 is 123. The topological polar surface area (TPSA) is 48.2 Å². The molecule has 0 bridgehead atoms. The van der Waals surface area contributed by atoms with E-state index in [0.717, 1.165) is 0 Å². The highest BCUT2D eigenvalue weighted by Crippen LogP contribution is 2.57. The van der Waals surface area contributed by atoms with Crippen molar-refractivity contribution in [3.8, 4) is 0 Å². The van der Waals surface area contributed by atoms with Crippen molar-refractivity contribution < 1.29 is 43.5 Å². The predicted octanol–water partition coefficient (Wildman–Crippen LogP) is 2.20. The largest absolute Gasteiger partial charge is 0.539 e. The normalized spacial score (nSPS) is 32.7. The van der Waals surface area contributed by atoms with Crippen LogP contribution in [0.3, 0.4) is 0 Å². The van der Waals surface area contributed by atoms with Crippen LogP contribution in [0.4, 0.5) is 35.1 Å². The lowest BCUT2D eigenvalue weighted by Gasteiger charge is -2.33. The molecule has 1 fully saturated rings. The fourth-order valence-electron chi connectivity index (χ4n) is 0.921. The fourth-order valence-corrected chi connectivity index (χ4v) is 1.87. The van der Waals surface area contributed by atoms with Crippen molar-refractivity contribution in [1.29, 1.82) is 0 Å². The van der Waals surface area contributed by atoms with Crippen LogP contribution in [0, 0.1) is 0 Å². The minimum Gasteiger partial charge on any atom is -0.539 e. The molecule has 0 unspecified atom stereocenters. The lowest BCUT2D eigenvalue weighted by atomic mass is 10.1. The summed E-state index contributed by atoms with van der Waals surface area (Å²) in [6.45, 7) is -2.67. The highest BCUT2D eigenvalue weighted by molar-refractivity contribution is 7.95. The lowest BCUT2D eigenvalue weighted by molar-refractivity contribution is -0.340. The zero-order valence-electron chi connectivity index (χ0n) is 7.40. The number of rotatable bonds is 0. The van der Waals surface area contributed by atoms with Crippen LogP contribution >= 0.6 is 0 Å². The van der Waals surface area contributed by atoms with E-state index in [1.807, 2.05) is 0 Å². The van der Waals surface area contributed by atoms with E-state index in [4.69, 9.17) is 0 Å². The Morgan fingerprint density at radius 1 is 0.824 bits per heavy atom. The van der Waals surface area contributed by atoms with Crippen LogP contribution in [-0.2, 0) is 10.0 Å². The Hall–Kier alpha value is -0.650. The predicted molar refractivity (Wildman–Crippen MR) is 36.9 cm³/mol. The van der Waals surface area contributed by atoms with E-state index in [0.29, 0.717) is 0 Å². The SMILES string of the molecule is O=S1(=O)[N-]CC(F)(F)C(F)(F)C(F)(F)C1(F)F. The molecule has 1 heterocycles. The fraction of sp³-hybridized carbons (Fsp3) is 1.00. The molecule has 0 saturated carbocycles. The Bertz CT molecular complexity index is 429. The molecule has 1 saturated heterocycles. The van der Waals surface area contributed by atoms with Gasteiger partial charge in [-0.25, -0.2) is 17.2 Å². The molecule has 0 spiro atoms. The van der Waals surface area contributed by atoms with Crippen molar-refractivity contribution in [3.05, 3.63) is 4.72 Å². The summed E-state index contributed by atoms with van der Waals surface area (Å²) in [7, 11) is -6.47. The number of hydrogen-bond donors (Lipinski definition) is 0. The lowest BCUT2D eigenvalue weighted by Crippen LogP contribution is -2.62. The van der Waals surface area contributed by atoms with Crippen molar-refractivity contribution in [1.82, 2.24) is 0 Å². The number of halogens is 8. The maximum atomic E-state index is 12.6. The summed E-state index contributed by atoms with van der Waals surface area (Å²) in [5, 5.41) is -6.41. The summed E-state index contributed by atoms with van der Waals surface area (Å²) in [5.41, 5.74) is 0. The number of sulfonamides is 1. The third kappa shape index (κ3) is 1.53. The van der Waals surface area contributed by atoms with Crippen LogP contribution in [0.1, 0.15) is 0 Å². The van der Waals surface area contributed by atoms with Gasteiger partial charge in [0.2, 0.25) is 0 Å². The van der Waals surface area contributed by atoms with Crippen LogP contribution in [0.5, 0.6) is 0 Å². The van der Waals surface area contributed by atoms with Gasteiger partial charge in [-0.2, -0.15) is 26.3 Å². The summed E-state index contributed by atoms with van der Waals surface area (Å²) in [4.78, 5) is 0. The van der Waals surface area contributed by atoms with E-state index in [2.05, 4.69) is 0 Å². The maximum absolute atomic E-state index is 12.6. The first-order chi connectivity index (χ1) is 7.21. The highest BCUT2D eigenvalue weighted by Gasteiger charge is 2.83. The molecule has 1 aliphatic rings. The van der Waals surface area contributed by atoms with Gasteiger partial charge in [0.25, 0.3) is 5.92 Å². The van der Waals surface area contributed by atoms with Crippen molar-refractivity contribution in [2.75, 3.05) is 6.54 Å². The molecule has 0 atom stereocenters. The van der Waals surface area contributed by atoms with Gasteiger partial charge in [0, 0.05) is 0 Å². The molecule has 0 amide bonds. The minimum absolute atomic E-state index is 1.56. The molecular weight excluding hydrogens is 290 g/mol. The molecule has 12 heteroatoms. The zero-order chi connectivity index (χ0) is 13.9. The van der Waals surface area contributed by atoms with Crippen molar-refractivity contribution in [3.63, 3.8) is 0 Å². The molecule has 3 nitrogen and oxygen atoms in total. The van der Waals surface area contributed by atoms with E-state index >= 15 is 0 Å². The van der Waals surface area contributed by atoms with Crippen LogP contribution < -0.4 is 0 Å². The third-order valence-corrected chi connectivity index (χ3v) is 3.35. The maximum Gasteiger partial charge on any atom is 0.397 e. The van der Waals surface area contributed by atoms with Crippen LogP contribution in [0.25, 0.3) is 4.72 Å². The summed E-state index contributed by atoms with van der Waals surface area (Å²) in [6.07, 6.45) is 0. The van der Waals surface area contributed by atoms with E-state index in [9.17, 15) is 43.5 Å². The molecule has 17 heavy (non-hydrogen) atoms. The Labute approximate surface area is 88.8 Å². The van der Waals surface area contributed by atoms with Gasteiger partial charge in [0.05, 0.1) is 0 Å². The zero-order valence-corrected chi connectivity index (χ0v) is 8.22. The Kier molecular flexibility index (Phi) is 2.73. The Morgan fingerprint density at radius 2 is 1.24 bits per heavy atom. The Morgan fingerprint density at radius 3 is 1.65 bits per heavy atom. The van der Waals surface area contributed by atoms with Gasteiger partial charge in [-0.3, -0.25) is 0 Å². The second-order valence-corrected chi connectivity index (χ2v) is 4.85. The van der Waals surface area contributed by atoms with Gasteiger partial charge in [0.15, 0.2) is 0 Å². The van der Waals surface area contributed by atoms with Crippen molar-refractivity contribution >= 4 is 10.0 Å². The van der Waals surface area contributed by atoms with Crippen molar-refractivity contribution in [2.24, 2.45) is 0 Å². The van der Waals surface area contributed by atoms with Crippen LogP contribution in [0.15, 0.2) is 0 Å². The molecule has 1 rings (SSSR count). The molecule has 1 aliphatic heterocycles. The molecule has 0 aromatic carbocycles. The summed E-state index contributed by atoms with van der Waals surface area (Å²) in [5.74, 6) is -19.0. The van der Waals surface area contributed by atoms with Gasteiger partial charge in [-0.1, -0.05) is 6.54 Å². The standard InChI is InChI=1S/C5H2F8NO2S/c6-2(7)1-14-17(15,16)5(12,13)4(10,11)3(2,8)9/h1H2/q-1.